The van der Waals surface area contributed by atoms with E-state index in [1.807, 2.05) is 6.92 Å². The summed E-state index contributed by atoms with van der Waals surface area (Å²) in [6.45, 7) is 1.34. The van der Waals surface area contributed by atoms with Gasteiger partial charge >= 0.3 is 17.8 Å². The van der Waals surface area contributed by atoms with Gasteiger partial charge in [0.15, 0.2) is 0 Å². The van der Waals surface area contributed by atoms with E-state index >= 15 is 0 Å². The van der Waals surface area contributed by atoms with E-state index < -0.39 is 30.3 Å². The van der Waals surface area contributed by atoms with Crippen molar-refractivity contribution in [1.29, 1.82) is 0 Å². The van der Waals surface area contributed by atoms with E-state index in [-0.39, 0.29) is 12.0 Å². The zero-order valence-electron chi connectivity index (χ0n) is 16.6. The van der Waals surface area contributed by atoms with Crippen molar-refractivity contribution in [3.63, 3.8) is 0 Å². The Bertz CT molecular complexity index is 870. The predicted octanol–water partition coefficient (Wildman–Crippen LogP) is 2.25. The van der Waals surface area contributed by atoms with Gasteiger partial charge in [0.05, 0.1) is 7.11 Å². The number of imide groups is 2. The standard InChI is InChI=1S/C21H25N3O5/c1-12(17-9-13-6-7-14(17)8-13)24-20(27)19(26)23(21(24)28)11-18(25)22-15-4-3-5-16(10-15)29-2/h3-5,10,12-14,17H,6-9,11H2,1-2H3,(H,22,25)/t12-,13-,14-,17+/m0/s1. The lowest BCUT2D eigenvalue weighted by atomic mass is 9.83. The van der Waals surface area contributed by atoms with Crippen LogP contribution in [0.3, 0.4) is 0 Å². The van der Waals surface area contributed by atoms with Crippen LogP contribution in [-0.2, 0) is 14.4 Å². The average Bonchev–Trinajstić information content (AvgIpc) is 3.39. The Morgan fingerprint density at radius 2 is 2.00 bits per heavy atom. The molecule has 1 aliphatic heterocycles. The number of nitrogens with one attached hydrogen (secondary N) is 1. The lowest BCUT2D eigenvalue weighted by molar-refractivity contribution is -0.144. The average molecular weight is 399 g/mol. The van der Waals surface area contributed by atoms with E-state index in [1.54, 1.807) is 24.3 Å². The number of fused-ring (bicyclic) bond motifs is 2. The molecule has 1 N–H and O–H groups in total. The summed E-state index contributed by atoms with van der Waals surface area (Å²) in [7, 11) is 1.51. The molecule has 4 rings (SSSR count). The SMILES string of the molecule is COc1cccc(NC(=O)CN2C(=O)C(=O)N([C@@H](C)[C@H]3C[C@H]4CC[C@H]3C4)C2=O)c1. The number of anilines is 1. The Kier molecular flexibility index (Phi) is 5.02. The quantitative estimate of drug-likeness (QED) is 0.585. The van der Waals surface area contributed by atoms with Gasteiger partial charge in [0.25, 0.3) is 0 Å². The summed E-state index contributed by atoms with van der Waals surface area (Å²) in [6, 6.07) is 5.71. The largest absolute Gasteiger partial charge is 0.497 e. The van der Waals surface area contributed by atoms with Crippen LogP contribution >= 0.6 is 0 Å². The molecule has 0 radical (unpaired) electrons. The monoisotopic (exact) mass is 399 g/mol. The van der Waals surface area contributed by atoms with E-state index in [4.69, 9.17) is 4.74 Å². The van der Waals surface area contributed by atoms with E-state index in [0.717, 1.165) is 29.1 Å². The van der Waals surface area contributed by atoms with Crippen molar-refractivity contribution in [3.8, 4) is 5.75 Å². The van der Waals surface area contributed by atoms with Crippen molar-refractivity contribution in [2.24, 2.45) is 17.8 Å². The molecule has 3 fully saturated rings. The molecular weight excluding hydrogens is 374 g/mol. The van der Waals surface area contributed by atoms with Crippen LogP contribution in [0.25, 0.3) is 0 Å². The van der Waals surface area contributed by atoms with Crippen LogP contribution < -0.4 is 10.1 Å². The lowest BCUT2D eigenvalue weighted by Gasteiger charge is -2.32. The third-order valence-corrected chi connectivity index (χ3v) is 6.56. The number of methoxy groups -OCH3 is 1. The number of carbonyl (C=O) groups excluding carboxylic acids is 4. The maximum atomic E-state index is 12.8. The summed E-state index contributed by atoms with van der Waals surface area (Å²) in [5, 5.41) is 2.63. The molecule has 8 heteroatoms. The lowest BCUT2D eigenvalue weighted by Crippen LogP contribution is -2.45. The molecular formula is C21H25N3O5. The van der Waals surface area contributed by atoms with Crippen molar-refractivity contribution in [3.05, 3.63) is 24.3 Å². The Labute approximate surface area is 169 Å². The molecule has 2 bridgehead atoms. The maximum absolute atomic E-state index is 12.8. The highest BCUT2D eigenvalue weighted by Gasteiger charge is 2.52. The minimum absolute atomic E-state index is 0.236. The van der Waals surface area contributed by atoms with Gasteiger partial charge in [-0.1, -0.05) is 12.5 Å². The predicted molar refractivity (Wildman–Crippen MR) is 104 cm³/mol. The third kappa shape index (κ3) is 3.47. The van der Waals surface area contributed by atoms with Crippen LogP contribution in [-0.4, -0.2) is 53.2 Å². The molecule has 0 spiro atoms. The van der Waals surface area contributed by atoms with Gasteiger partial charge in [0.1, 0.15) is 12.3 Å². The molecule has 2 aliphatic carbocycles. The van der Waals surface area contributed by atoms with E-state index in [2.05, 4.69) is 5.32 Å². The maximum Gasteiger partial charge on any atom is 0.334 e. The topological polar surface area (TPSA) is 96.0 Å². The Hall–Kier alpha value is -2.90. The molecule has 1 aromatic rings. The molecule has 2 saturated carbocycles. The highest BCUT2D eigenvalue weighted by atomic mass is 16.5. The van der Waals surface area contributed by atoms with Crippen LogP contribution in [0.2, 0.25) is 0 Å². The van der Waals surface area contributed by atoms with Crippen LogP contribution in [0.4, 0.5) is 10.5 Å². The second-order valence-corrected chi connectivity index (χ2v) is 8.21. The highest BCUT2D eigenvalue weighted by molar-refractivity contribution is 6.45. The van der Waals surface area contributed by atoms with Gasteiger partial charge in [-0.2, -0.15) is 0 Å². The summed E-state index contributed by atoms with van der Waals surface area (Å²) in [6.07, 6.45) is 4.47. The number of hydrogen-bond donors (Lipinski definition) is 1. The van der Waals surface area contributed by atoms with Crippen LogP contribution in [0.1, 0.15) is 32.6 Å². The van der Waals surface area contributed by atoms with Gasteiger partial charge in [-0.05, 0) is 56.1 Å². The molecule has 3 aliphatic rings. The zero-order chi connectivity index (χ0) is 20.7. The van der Waals surface area contributed by atoms with E-state index in [0.29, 0.717) is 23.3 Å². The van der Waals surface area contributed by atoms with Gasteiger partial charge in [-0.15, -0.1) is 0 Å². The first kappa shape index (κ1) is 19.4. The normalized spacial score (nSPS) is 27.0. The second-order valence-electron chi connectivity index (χ2n) is 8.21. The molecule has 0 aromatic heterocycles. The van der Waals surface area contributed by atoms with Gasteiger partial charge < -0.3 is 10.1 Å². The number of hydrogen-bond acceptors (Lipinski definition) is 5. The molecule has 5 amide bonds. The first-order valence-electron chi connectivity index (χ1n) is 10.0. The van der Waals surface area contributed by atoms with E-state index in [1.165, 1.54) is 13.5 Å². The fourth-order valence-corrected chi connectivity index (χ4v) is 5.14. The van der Waals surface area contributed by atoms with Crippen molar-refractivity contribution in [1.82, 2.24) is 9.80 Å². The summed E-state index contributed by atoms with van der Waals surface area (Å²) in [5.74, 6) is -0.346. The molecule has 1 heterocycles. The van der Waals surface area contributed by atoms with Gasteiger partial charge in [0.2, 0.25) is 5.91 Å². The summed E-state index contributed by atoms with van der Waals surface area (Å²) < 4.78 is 5.11. The first-order chi connectivity index (χ1) is 13.9. The van der Waals surface area contributed by atoms with Crippen LogP contribution in [0.15, 0.2) is 24.3 Å². The molecule has 29 heavy (non-hydrogen) atoms. The zero-order valence-corrected chi connectivity index (χ0v) is 16.6. The van der Waals surface area contributed by atoms with Gasteiger partial charge in [0, 0.05) is 17.8 Å². The van der Waals surface area contributed by atoms with Crippen molar-refractivity contribution in [2.45, 2.75) is 38.6 Å². The Morgan fingerprint density at radius 1 is 1.21 bits per heavy atom. The number of carbonyl (C=O) groups is 4. The minimum atomic E-state index is -0.939. The van der Waals surface area contributed by atoms with Gasteiger partial charge in [-0.25, -0.2) is 9.69 Å². The Morgan fingerprint density at radius 3 is 2.66 bits per heavy atom. The third-order valence-electron chi connectivity index (χ3n) is 6.56. The number of ether oxygens (including phenoxy) is 1. The molecule has 8 nitrogen and oxygen atoms in total. The molecule has 0 unspecified atom stereocenters. The first-order valence-corrected chi connectivity index (χ1v) is 10.0. The van der Waals surface area contributed by atoms with E-state index in [9.17, 15) is 19.2 Å². The molecule has 154 valence electrons. The molecule has 1 saturated heterocycles. The van der Waals surface area contributed by atoms with Crippen LogP contribution in [0.5, 0.6) is 5.75 Å². The van der Waals surface area contributed by atoms with Crippen molar-refractivity contribution < 1.29 is 23.9 Å². The smallest absolute Gasteiger partial charge is 0.334 e. The van der Waals surface area contributed by atoms with Gasteiger partial charge in [-0.3, -0.25) is 19.3 Å². The number of nitrogens with zero attached hydrogens (tertiary/aromatic N) is 2. The molecule has 1 aromatic carbocycles. The van der Waals surface area contributed by atoms with Crippen LogP contribution in [0, 0.1) is 17.8 Å². The number of benzene rings is 1. The number of urea groups is 1. The second kappa shape index (κ2) is 7.50. The number of rotatable bonds is 6. The summed E-state index contributed by atoms with van der Waals surface area (Å²) in [4.78, 5) is 51.9. The Balaban J connectivity index is 1.43. The highest BCUT2D eigenvalue weighted by Crippen LogP contribution is 2.50. The fraction of sp³-hybridized carbons (Fsp3) is 0.524. The minimum Gasteiger partial charge on any atom is -0.497 e. The molecule has 4 atom stereocenters. The fourth-order valence-electron chi connectivity index (χ4n) is 5.14. The summed E-state index contributed by atoms with van der Waals surface area (Å²) in [5.41, 5.74) is 0.479. The van der Waals surface area contributed by atoms with Crippen molar-refractivity contribution >= 4 is 29.4 Å². The summed E-state index contributed by atoms with van der Waals surface area (Å²) >= 11 is 0. The van der Waals surface area contributed by atoms with Crippen molar-refractivity contribution in [2.75, 3.05) is 19.0 Å². The number of amides is 5.